The molecule has 4 aliphatic rings. The average molecular weight is 1210 g/mol. The third-order valence-corrected chi connectivity index (χ3v) is 14.7. The first-order chi connectivity index (χ1) is 35.4. The van der Waals surface area contributed by atoms with Gasteiger partial charge in [-0.2, -0.15) is 8.78 Å². The first-order valence-electron chi connectivity index (χ1n) is 23.5. The van der Waals surface area contributed by atoms with Crippen molar-refractivity contribution in [3.05, 3.63) is 76.9 Å². The second kappa shape index (κ2) is 22.5. The largest absolute Gasteiger partial charge is 0.509 e. The molecular formula is C50H55Cl6F2NO18. The second-order valence-electron chi connectivity index (χ2n) is 20.5. The Hall–Kier alpha value is -4.61. The molecule has 2 aromatic rings. The summed E-state index contributed by atoms with van der Waals surface area (Å²) >= 11 is 35.3. The highest BCUT2D eigenvalue weighted by Crippen LogP contribution is 2.65. The highest BCUT2D eigenvalue weighted by atomic mass is 35.6. The lowest BCUT2D eigenvalue weighted by molar-refractivity contribution is -0.346. The van der Waals surface area contributed by atoms with Crippen molar-refractivity contribution < 1.29 is 94.8 Å². The monoisotopic (exact) mass is 1210 g/mol. The molecule has 1 aliphatic heterocycles. The predicted octanol–water partition coefficient (Wildman–Crippen LogP) is 9.60. The SMILES string of the molecule is COc1ccc(C(NC(=O)OC(C)(C)C)C(F)(F)C(=O)O[C@H]2C[C@@]3(O)[C@@H](OC(=O)c4ccccc4)[C@@H]4[C@]5(OC(C)=O)CO[C@@H]5C[C@H](OC(=O)OCC(Cl)(Cl)Cl)[C@@]4(C)C(=O)[C@H](OC(=O)OCC(Cl)(Cl)Cl)C(=C2C)C3(C)C)cc1. The standard InChI is InChI=1S/C50H55Cl6F2NO18/c1-24-29(72-39(63)50(57,58)35(59-40(64)77-43(3,4)5)26-15-17-28(68-9)18-16-26)20-47(67)37(75-38(62)27-13-11-10-12-14-27)34-45(8,36(61)33(32(24)44(47,6)7)74-42(66)71-23-49(54,55)56)30(73-41(65)70-22-48(51,52)53)19-31-46(34,21-69-31)76-25(2)60/h10-18,29-31,33-35,37,67H,19-23H2,1-9H3,(H,59,64)/t29-,30-,31+,33+,34-,35?,37-,45+,46-,47+/m0/s1. The van der Waals surface area contributed by atoms with Gasteiger partial charge in [0.1, 0.15) is 60.6 Å². The van der Waals surface area contributed by atoms with Crippen molar-refractivity contribution in [1.82, 2.24) is 5.32 Å². The molecule has 3 aliphatic carbocycles. The number of carbonyl (C=O) groups excluding carboxylic acids is 7. The number of esters is 3. The third-order valence-electron chi connectivity index (χ3n) is 14.0. The van der Waals surface area contributed by atoms with Crippen LogP contribution in [0, 0.1) is 16.7 Å². The van der Waals surface area contributed by atoms with Gasteiger partial charge in [-0.3, -0.25) is 9.59 Å². The molecule has 3 fully saturated rings. The number of aliphatic hydroxyl groups is 1. The number of nitrogens with one attached hydrogen (secondary N) is 1. The number of amides is 1. The van der Waals surface area contributed by atoms with E-state index in [0.717, 1.165) is 19.1 Å². The van der Waals surface area contributed by atoms with Gasteiger partial charge >= 0.3 is 42.2 Å². The number of ketones is 1. The van der Waals surface area contributed by atoms with Crippen LogP contribution in [0.1, 0.15) is 90.2 Å². The van der Waals surface area contributed by atoms with E-state index in [1.807, 2.05) is 5.32 Å². The van der Waals surface area contributed by atoms with Gasteiger partial charge in [0, 0.05) is 25.2 Å². The van der Waals surface area contributed by atoms with Crippen molar-refractivity contribution in [2.24, 2.45) is 16.7 Å². The topological polar surface area (TPSA) is 244 Å². The number of methoxy groups -OCH3 is 1. The Labute approximate surface area is 470 Å². The third kappa shape index (κ3) is 12.9. The Bertz CT molecular complexity index is 2640. The number of fused-ring (bicyclic) bond motifs is 5. The summed E-state index contributed by atoms with van der Waals surface area (Å²) in [5, 5.41) is 16.1. The molecule has 2 saturated carbocycles. The molecule has 27 heteroatoms. The van der Waals surface area contributed by atoms with Crippen molar-refractivity contribution in [3.8, 4) is 5.75 Å². The van der Waals surface area contributed by atoms with E-state index >= 15 is 13.6 Å². The summed E-state index contributed by atoms with van der Waals surface area (Å²) in [5.74, 6) is -12.2. The zero-order valence-electron chi connectivity index (χ0n) is 42.7. The Kier molecular flexibility index (Phi) is 18.0. The Morgan fingerprint density at radius 1 is 0.844 bits per heavy atom. The first kappa shape index (κ1) is 61.6. The van der Waals surface area contributed by atoms with Gasteiger partial charge < -0.3 is 57.8 Å². The molecule has 19 nitrogen and oxygen atoms in total. The maximum atomic E-state index is 17.2. The van der Waals surface area contributed by atoms with Crippen LogP contribution in [0.3, 0.4) is 0 Å². The molecule has 0 aromatic heterocycles. The van der Waals surface area contributed by atoms with E-state index in [0.29, 0.717) is 0 Å². The van der Waals surface area contributed by atoms with Crippen LogP contribution >= 0.6 is 69.6 Å². The van der Waals surface area contributed by atoms with Crippen molar-refractivity contribution >= 4 is 112 Å². The number of alkyl halides is 8. The fourth-order valence-electron chi connectivity index (χ4n) is 10.5. The van der Waals surface area contributed by atoms with Gasteiger partial charge in [-0.05, 0) is 75.6 Å². The van der Waals surface area contributed by atoms with Crippen LogP contribution < -0.4 is 10.1 Å². The molecule has 0 spiro atoms. The Morgan fingerprint density at radius 2 is 1.42 bits per heavy atom. The van der Waals surface area contributed by atoms with Crippen molar-refractivity contribution in [2.45, 2.75) is 135 Å². The Morgan fingerprint density at radius 3 is 1.92 bits per heavy atom. The molecule has 1 amide bonds. The minimum absolute atomic E-state index is 0.129. The van der Waals surface area contributed by atoms with Gasteiger partial charge in [-0.15, -0.1) is 0 Å². The lowest BCUT2D eigenvalue weighted by atomic mass is 9.44. The van der Waals surface area contributed by atoms with E-state index in [9.17, 15) is 33.9 Å². The van der Waals surface area contributed by atoms with E-state index in [4.69, 9.17) is 117 Å². The number of carbonyl (C=O) groups is 7. The molecule has 2 N–H and O–H groups in total. The van der Waals surface area contributed by atoms with Gasteiger partial charge in [0.25, 0.3) is 0 Å². The number of alkyl carbamates (subject to hydrolysis) is 1. The lowest BCUT2D eigenvalue weighted by Gasteiger charge is -2.67. The lowest BCUT2D eigenvalue weighted by Crippen LogP contribution is -2.82. The molecule has 1 saturated heterocycles. The van der Waals surface area contributed by atoms with Gasteiger partial charge in [0.05, 0.1) is 30.6 Å². The summed E-state index contributed by atoms with van der Waals surface area (Å²) in [5.41, 5.74) is -12.0. The van der Waals surface area contributed by atoms with Crippen molar-refractivity contribution in [1.29, 1.82) is 0 Å². The first-order valence-corrected chi connectivity index (χ1v) is 25.8. The Balaban J connectivity index is 1.63. The summed E-state index contributed by atoms with van der Waals surface area (Å²) in [4.78, 5) is 99.4. The highest BCUT2D eigenvalue weighted by Gasteiger charge is 2.79. The number of hydrogen-bond acceptors (Lipinski definition) is 18. The number of benzene rings is 2. The summed E-state index contributed by atoms with van der Waals surface area (Å²) in [7, 11) is 1.32. The molecule has 1 heterocycles. The minimum atomic E-state index is -4.72. The molecule has 0 radical (unpaired) electrons. The number of halogens is 8. The van der Waals surface area contributed by atoms with Crippen molar-refractivity contribution in [3.63, 3.8) is 0 Å². The van der Waals surface area contributed by atoms with Crippen molar-refractivity contribution in [2.75, 3.05) is 26.9 Å². The van der Waals surface area contributed by atoms with Crippen LogP contribution in [0.5, 0.6) is 5.75 Å². The van der Waals surface area contributed by atoms with Crippen LogP contribution in [0.2, 0.25) is 0 Å². The molecule has 6 rings (SSSR count). The van der Waals surface area contributed by atoms with Gasteiger partial charge in [0.2, 0.25) is 7.59 Å². The average Bonchev–Trinajstić information content (AvgIpc) is 3.31. The number of Topliss-reactive ketones (excluding diaryl/α,β-unsaturated/α-hetero) is 1. The smallest absolute Gasteiger partial charge is 0.497 e. The maximum Gasteiger partial charge on any atom is 0.509 e. The van der Waals surface area contributed by atoms with E-state index in [2.05, 4.69) is 0 Å². The van der Waals surface area contributed by atoms with Gasteiger partial charge in [-0.25, -0.2) is 24.0 Å². The fraction of sp³-hybridized carbons (Fsp3) is 0.580. The molecule has 77 heavy (non-hydrogen) atoms. The molecule has 2 aromatic carbocycles. The zero-order valence-corrected chi connectivity index (χ0v) is 47.2. The molecule has 10 atom stereocenters. The number of rotatable bonds is 13. The maximum absolute atomic E-state index is 17.2. The van der Waals surface area contributed by atoms with E-state index < -0.39 is 164 Å². The summed E-state index contributed by atoms with van der Waals surface area (Å²) in [6.07, 6.45) is -16.0. The summed E-state index contributed by atoms with van der Waals surface area (Å²) < 4.78 is 86.5. The van der Waals surface area contributed by atoms with Crippen LogP contribution in [0.4, 0.5) is 23.2 Å². The van der Waals surface area contributed by atoms with E-state index in [-0.39, 0.29) is 22.4 Å². The van der Waals surface area contributed by atoms with E-state index in [1.54, 1.807) is 6.07 Å². The minimum Gasteiger partial charge on any atom is -0.497 e. The normalized spacial score (nSPS) is 28.3. The predicted molar refractivity (Wildman–Crippen MR) is 270 cm³/mol. The van der Waals surface area contributed by atoms with Crippen LogP contribution in [-0.4, -0.2) is 135 Å². The zero-order chi connectivity index (χ0) is 57.6. The van der Waals surface area contributed by atoms with Gasteiger partial charge in [-0.1, -0.05) is 114 Å². The number of ether oxygens (including phenoxy) is 10. The number of hydrogen-bond donors (Lipinski definition) is 2. The summed E-state index contributed by atoms with van der Waals surface area (Å²) in [6.45, 7) is 8.03. The van der Waals surface area contributed by atoms with Gasteiger partial charge in [0.15, 0.2) is 17.5 Å². The molecular weight excluding hydrogens is 1150 g/mol. The molecule has 424 valence electrons. The summed E-state index contributed by atoms with van der Waals surface area (Å²) in [6, 6.07) is 9.58. The molecule has 1 unspecified atom stereocenters. The highest BCUT2D eigenvalue weighted by molar-refractivity contribution is 6.68. The van der Waals surface area contributed by atoms with Crippen LogP contribution in [0.25, 0.3) is 0 Å². The second-order valence-corrected chi connectivity index (χ2v) is 25.6. The van der Waals surface area contributed by atoms with E-state index in [1.165, 1.54) is 92.0 Å². The fourth-order valence-corrected chi connectivity index (χ4v) is 10.8. The van der Waals surface area contributed by atoms with Crippen LogP contribution in [-0.2, 0) is 57.0 Å². The quantitative estimate of drug-likeness (QED) is 0.0820. The van der Waals surface area contributed by atoms with Crippen LogP contribution in [0.15, 0.2) is 65.7 Å². The molecule has 2 bridgehead atoms.